The molecule has 0 spiro atoms. The first-order valence-electron chi connectivity index (χ1n) is 8.47. The van der Waals surface area contributed by atoms with E-state index < -0.39 is 4.92 Å². The molecule has 3 rings (SSSR count). The Kier molecular flexibility index (Phi) is 4.26. The Morgan fingerprint density at radius 2 is 2.04 bits per heavy atom. The number of nitrogens with zero attached hydrogens (tertiary/aromatic N) is 2. The number of nitrogens with one attached hydrogen (secondary N) is 1. The molecular formula is C18H23N3O4. The van der Waals surface area contributed by atoms with E-state index in [-0.39, 0.29) is 29.0 Å². The number of amides is 1. The Morgan fingerprint density at radius 3 is 2.56 bits per heavy atom. The zero-order valence-corrected chi connectivity index (χ0v) is 14.7. The predicted molar refractivity (Wildman–Crippen MR) is 93.4 cm³/mol. The average molecular weight is 345 g/mol. The third-order valence-electron chi connectivity index (χ3n) is 6.25. The van der Waals surface area contributed by atoms with Gasteiger partial charge in [0.05, 0.1) is 4.92 Å². The molecule has 2 bridgehead atoms. The summed E-state index contributed by atoms with van der Waals surface area (Å²) in [6.07, 6.45) is 3.27. The first-order chi connectivity index (χ1) is 11.7. The smallest absolute Gasteiger partial charge is 0.277 e. The van der Waals surface area contributed by atoms with Gasteiger partial charge in [0.15, 0.2) is 6.61 Å². The maximum atomic E-state index is 12.0. The summed E-state index contributed by atoms with van der Waals surface area (Å²) in [6.45, 7) is 6.62. The number of fused-ring (bicyclic) bond motifs is 2. The largest absolute Gasteiger partial charge is 0.484 e. The normalized spacial score (nSPS) is 28.1. The summed E-state index contributed by atoms with van der Waals surface area (Å²) < 4.78 is 5.34. The average Bonchev–Trinajstić information content (AvgIpc) is 2.91. The van der Waals surface area contributed by atoms with Crippen molar-refractivity contribution in [1.82, 2.24) is 5.43 Å². The number of hydrazone groups is 1. The Bertz CT molecular complexity index is 726. The minimum absolute atomic E-state index is 0.0182. The molecule has 2 aliphatic carbocycles. The Hall–Kier alpha value is -2.44. The van der Waals surface area contributed by atoms with Crippen LogP contribution in [0.15, 0.2) is 29.4 Å². The Labute approximate surface area is 146 Å². The lowest BCUT2D eigenvalue weighted by atomic mass is 9.70. The highest BCUT2D eigenvalue weighted by atomic mass is 16.6. The molecule has 0 aliphatic heterocycles. The van der Waals surface area contributed by atoms with E-state index in [1.54, 1.807) is 0 Å². The Morgan fingerprint density at radius 1 is 1.36 bits per heavy atom. The molecule has 7 heteroatoms. The summed E-state index contributed by atoms with van der Waals surface area (Å²) in [5.74, 6) is 0.695. The van der Waals surface area contributed by atoms with E-state index in [9.17, 15) is 14.9 Å². The van der Waals surface area contributed by atoms with Gasteiger partial charge in [-0.05, 0) is 42.7 Å². The van der Waals surface area contributed by atoms with E-state index in [0.717, 1.165) is 18.6 Å². The van der Waals surface area contributed by atoms with Crippen molar-refractivity contribution in [3.05, 3.63) is 34.4 Å². The quantitative estimate of drug-likeness (QED) is 0.654. The van der Waals surface area contributed by atoms with Gasteiger partial charge in [-0.15, -0.1) is 0 Å². The van der Waals surface area contributed by atoms with Crippen LogP contribution >= 0.6 is 0 Å². The van der Waals surface area contributed by atoms with E-state index in [2.05, 4.69) is 31.3 Å². The topological polar surface area (TPSA) is 93.8 Å². The van der Waals surface area contributed by atoms with Crippen molar-refractivity contribution in [1.29, 1.82) is 0 Å². The van der Waals surface area contributed by atoms with Crippen LogP contribution in [0.4, 0.5) is 5.69 Å². The molecule has 0 radical (unpaired) electrons. The van der Waals surface area contributed by atoms with Crippen molar-refractivity contribution in [2.24, 2.45) is 21.8 Å². The summed E-state index contributed by atoms with van der Waals surface area (Å²) in [7, 11) is 0. The van der Waals surface area contributed by atoms with Crippen LogP contribution in [0.25, 0.3) is 0 Å². The van der Waals surface area contributed by atoms with Crippen molar-refractivity contribution >= 4 is 17.3 Å². The molecule has 0 heterocycles. The fourth-order valence-electron chi connectivity index (χ4n) is 4.07. The number of benzene rings is 1. The number of carbonyl (C=O) groups is 1. The minimum atomic E-state index is -0.482. The van der Waals surface area contributed by atoms with Crippen LogP contribution in [0.5, 0.6) is 5.75 Å². The lowest BCUT2D eigenvalue weighted by Gasteiger charge is -2.34. The van der Waals surface area contributed by atoms with E-state index in [0.29, 0.717) is 11.7 Å². The zero-order valence-electron chi connectivity index (χ0n) is 14.7. The van der Waals surface area contributed by atoms with Crippen molar-refractivity contribution in [3.63, 3.8) is 0 Å². The van der Waals surface area contributed by atoms with Crippen LogP contribution < -0.4 is 10.2 Å². The monoisotopic (exact) mass is 345 g/mol. The Balaban J connectivity index is 1.54. The highest BCUT2D eigenvalue weighted by Crippen LogP contribution is 2.63. The molecule has 0 unspecified atom stereocenters. The predicted octanol–water partition coefficient (Wildman–Crippen LogP) is 3.29. The van der Waals surface area contributed by atoms with E-state index in [4.69, 9.17) is 4.74 Å². The van der Waals surface area contributed by atoms with Gasteiger partial charge in [-0.1, -0.05) is 20.8 Å². The molecule has 2 atom stereocenters. The van der Waals surface area contributed by atoms with Gasteiger partial charge in [-0.25, -0.2) is 5.43 Å². The summed E-state index contributed by atoms with van der Waals surface area (Å²) in [5, 5.41) is 15.0. The van der Waals surface area contributed by atoms with Crippen molar-refractivity contribution in [3.8, 4) is 5.75 Å². The third kappa shape index (κ3) is 2.99. The SMILES string of the molecule is CC1(C)[C@H]2CC[C@]1(C)C(=NNC(=O)COc1ccc([N+](=O)[O-])cc1)C2. The summed E-state index contributed by atoms with van der Waals surface area (Å²) >= 11 is 0. The molecule has 1 N–H and O–H groups in total. The number of nitro groups is 1. The first kappa shape index (κ1) is 17.4. The molecule has 134 valence electrons. The number of hydrogen-bond acceptors (Lipinski definition) is 5. The number of rotatable bonds is 5. The fraction of sp³-hybridized carbons (Fsp3) is 0.556. The van der Waals surface area contributed by atoms with Gasteiger partial charge >= 0.3 is 0 Å². The van der Waals surface area contributed by atoms with Gasteiger partial charge in [0.1, 0.15) is 5.75 Å². The van der Waals surface area contributed by atoms with Gasteiger partial charge < -0.3 is 4.74 Å². The molecule has 2 saturated carbocycles. The van der Waals surface area contributed by atoms with Crippen LogP contribution in [-0.4, -0.2) is 23.1 Å². The van der Waals surface area contributed by atoms with Crippen molar-refractivity contribution < 1.29 is 14.5 Å². The van der Waals surface area contributed by atoms with Crippen LogP contribution in [0.2, 0.25) is 0 Å². The molecule has 7 nitrogen and oxygen atoms in total. The highest BCUT2D eigenvalue weighted by molar-refractivity contribution is 5.95. The number of non-ortho nitro benzene ring substituents is 1. The van der Waals surface area contributed by atoms with E-state index >= 15 is 0 Å². The molecule has 2 fully saturated rings. The van der Waals surface area contributed by atoms with Gasteiger partial charge in [0.25, 0.3) is 11.6 Å². The second kappa shape index (κ2) is 6.13. The summed E-state index contributed by atoms with van der Waals surface area (Å²) in [4.78, 5) is 22.1. The van der Waals surface area contributed by atoms with Gasteiger partial charge in [0, 0.05) is 23.3 Å². The van der Waals surface area contributed by atoms with Crippen LogP contribution in [0.1, 0.15) is 40.0 Å². The molecule has 25 heavy (non-hydrogen) atoms. The van der Waals surface area contributed by atoms with Gasteiger partial charge in [-0.2, -0.15) is 5.10 Å². The second-order valence-electron chi connectivity index (χ2n) is 7.63. The molecule has 1 amide bonds. The molecule has 1 aromatic rings. The lowest BCUT2D eigenvalue weighted by molar-refractivity contribution is -0.384. The number of nitro benzene ring substituents is 1. The first-order valence-corrected chi connectivity index (χ1v) is 8.47. The van der Waals surface area contributed by atoms with Crippen molar-refractivity contribution in [2.75, 3.05) is 6.61 Å². The number of carbonyl (C=O) groups excluding carboxylic acids is 1. The molecule has 1 aromatic carbocycles. The van der Waals surface area contributed by atoms with Gasteiger partial charge in [0.2, 0.25) is 0 Å². The zero-order chi connectivity index (χ0) is 18.2. The highest BCUT2D eigenvalue weighted by Gasteiger charge is 2.59. The molecule has 0 saturated heterocycles. The van der Waals surface area contributed by atoms with E-state index in [1.165, 1.54) is 30.7 Å². The third-order valence-corrected chi connectivity index (χ3v) is 6.25. The molecule has 0 aromatic heterocycles. The minimum Gasteiger partial charge on any atom is -0.484 e. The maximum absolute atomic E-state index is 12.0. The fourth-order valence-corrected chi connectivity index (χ4v) is 4.07. The molecular weight excluding hydrogens is 322 g/mol. The van der Waals surface area contributed by atoms with Gasteiger partial charge in [-0.3, -0.25) is 14.9 Å². The molecule has 2 aliphatic rings. The van der Waals surface area contributed by atoms with E-state index in [1.807, 2.05) is 0 Å². The van der Waals surface area contributed by atoms with Crippen LogP contribution in [-0.2, 0) is 4.79 Å². The number of ether oxygens (including phenoxy) is 1. The maximum Gasteiger partial charge on any atom is 0.277 e. The number of hydrogen-bond donors (Lipinski definition) is 1. The second-order valence-corrected chi connectivity index (χ2v) is 7.63. The summed E-state index contributed by atoms with van der Waals surface area (Å²) in [5.41, 5.74) is 3.90. The standard InChI is InChI=1S/C18H23N3O4/c1-17(2)12-8-9-18(17,3)15(10-12)19-20-16(22)11-25-14-6-4-13(5-7-14)21(23)24/h4-7,12H,8-11H2,1-3H3,(H,20,22)/t12-,18+/m0/s1. The van der Waals surface area contributed by atoms with Crippen LogP contribution in [0, 0.1) is 26.9 Å². The van der Waals surface area contributed by atoms with Crippen molar-refractivity contribution in [2.45, 2.75) is 40.0 Å². The lowest BCUT2D eigenvalue weighted by Crippen LogP contribution is -2.35. The summed E-state index contributed by atoms with van der Waals surface area (Å²) in [6, 6.07) is 5.62. The van der Waals surface area contributed by atoms with Crippen LogP contribution in [0.3, 0.4) is 0 Å².